The Balaban J connectivity index is 1.53. The fourth-order valence-electron chi connectivity index (χ4n) is 4.87. The molecule has 0 spiro atoms. The summed E-state index contributed by atoms with van der Waals surface area (Å²) in [5, 5.41) is 0. The SMILES string of the molecule is [C-]#[N+]c1ccc(-c2nc(OC[C@@H]3CCN(C)C3)n3ccnc3c2-c2ccc3c(c2)oc(=O)n3C)cc1. The number of rotatable bonds is 5. The summed E-state index contributed by atoms with van der Waals surface area (Å²) in [7, 11) is 3.80. The van der Waals surface area contributed by atoms with Gasteiger partial charge in [-0.1, -0.05) is 30.3 Å². The Hall–Kier alpha value is -4.42. The van der Waals surface area contributed by atoms with E-state index in [-0.39, 0.29) is 0 Å². The van der Waals surface area contributed by atoms with Crippen LogP contribution < -0.4 is 10.5 Å². The van der Waals surface area contributed by atoms with Crippen molar-refractivity contribution in [1.29, 1.82) is 0 Å². The summed E-state index contributed by atoms with van der Waals surface area (Å²) in [5.41, 5.74) is 5.56. The molecule has 0 saturated carbocycles. The lowest BCUT2D eigenvalue weighted by Crippen LogP contribution is -2.19. The van der Waals surface area contributed by atoms with Gasteiger partial charge in [-0.3, -0.25) is 8.97 Å². The topological polar surface area (TPSA) is 82.2 Å². The zero-order valence-corrected chi connectivity index (χ0v) is 20.0. The largest absolute Gasteiger partial charge is 0.464 e. The predicted molar refractivity (Wildman–Crippen MR) is 136 cm³/mol. The molecule has 5 aromatic rings. The van der Waals surface area contributed by atoms with Crippen molar-refractivity contribution in [2.24, 2.45) is 13.0 Å². The average molecular weight is 481 g/mol. The normalized spacial score (nSPS) is 16.1. The van der Waals surface area contributed by atoms with E-state index < -0.39 is 5.76 Å². The molecule has 4 heterocycles. The zero-order chi connectivity index (χ0) is 24.8. The zero-order valence-electron chi connectivity index (χ0n) is 20.0. The monoisotopic (exact) mass is 480 g/mol. The predicted octanol–water partition coefficient (Wildman–Crippen LogP) is 4.39. The third-order valence-corrected chi connectivity index (χ3v) is 6.80. The molecule has 1 fully saturated rings. The first-order valence-electron chi connectivity index (χ1n) is 11.8. The van der Waals surface area contributed by atoms with Crippen LogP contribution in [0.4, 0.5) is 5.69 Å². The van der Waals surface area contributed by atoms with Crippen molar-refractivity contribution < 1.29 is 9.15 Å². The van der Waals surface area contributed by atoms with Gasteiger partial charge in [0.1, 0.15) is 0 Å². The fraction of sp³-hybridized carbons (Fsp3) is 0.259. The first-order valence-corrected chi connectivity index (χ1v) is 11.8. The molecule has 0 N–H and O–H groups in total. The lowest BCUT2D eigenvalue weighted by molar-refractivity contribution is 0.230. The standard InChI is InChI=1S/C27H24N6O3/c1-28-20-7-4-18(5-8-20)24-23(19-6-9-21-22(14-19)36-27(34)32(21)3)25-29-11-13-33(25)26(30-24)35-16-17-10-12-31(2)15-17/h4-9,11,13-14,17H,10,12,15-16H2,2-3H3/t17-/m1/s1. The number of nitrogens with zero attached hydrogens (tertiary/aromatic N) is 6. The maximum Gasteiger partial charge on any atom is 0.419 e. The molecule has 0 unspecified atom stereocenters. The second-order valence-corrected chi connectivity index (χ2v) is 9.23. The number of hydrogen-bond donors (Lipinski definition) is 0. The van der Waals surface area contributed by atoms with Gasteiger partial charge in [-0.15, -0.1) is 0 Å². The van der Waals surface area contributed by atoms with Crippen LogP contribution in [0.25, 0.3) is 44.0 Å². The van der Waals surface area contributed by atoms with Crippen molar-refractivity contribution in [1.82, 2.24) is 23.8 Å². The van der Waals surface area contributed by atoms with Crippen molar-refractivity contribution in [2.75, 3.05) is 26.7 Å². The van der Waals surface area contributed by atoms with Crippen LogP contribution >= 0.6 is 0 Å². The van der Waals surface area contributed by atoms with Gasteiger partial charge in [-0.05, 0) is 43.3 Å². The summed E-state index contributed by atoms with van der Waals surface area (Å²) in [6.45, 7) is 9.93. The smallest absolute Gasteiger partial charge is 0.419 e. The van der Waals surface area contributed by atoms with Crippen LogP contribution in [0.5, 0.6) is 6.01 Å². The van der Waals surface area contributed by atoms with E-state index in [1.165, 1.54) is 4.57 Å². The second kappa shape index (κ2) is 8.66. The van der Waals surface area contributed by atoms with E-state index in [0.29, 0.717) is 46.7 Å². The van der Waals surface area contributed by atoms with Crippen LogP contribution in [-0.2, 0) is 7.05 Å². The van der Waals surface area contributed by atoms with Crippen molar-refractivity contribution in [3.8, 4) is 28.4 Å². The van der Waals surface area contributed by atoms with E-state index in [0.717, 1.165) is 36.2 Å². The molecule has 36 heavy (non-hydrogen) atoms. The van der Waals surface area contributed by atoms with E-state index in [1.807, 2.05) is 40.9 Å². The van der Waals surface area contributed by atoms with Gasteiger partial charge in [0.25, 0.3) is 0 Å². The Labute approximate surface area is 207 Å². The highest BCUT2D eigenvalue weighted by atomic mass is 16.5. The number of fused-ring (bicyclic) bond motifs is 2. The number of ether oxygens (including phenoxy) is 1. The Morgan fingerprint density at radius 2 is 1.97 bits per heavy atom. The lowest BCUT2D eigenvalue weighted by Gasteiger charge is -2.17. The quantitative estimate of drug-likeness (QED) is 0.347. The highest BCUT2D eigenvalue weighted by Gasteiger charge is 2.23. The maximum absolute atomic E-state index is 12.1. The van der Waals surface area contributed by atoms with Crippen LogP contribution in [0.2, 0.25) is 0 Å². The third kappa shape index (κ3) is 3.72. The molecule has 1 atom stereocenters. The van der Waals surface area contributed by atoms with Gasteiger partial charge in [0.2, 0.25) is 0 Å². The summed E-state index contributed by atoms with van der Waals surface area (Å²) < 4.78 is 15.1. The Morgan fingerprint density at radius 3 is 2.72 bits per heavy atom. The van der Waals surface area contributed by atoms with Gasteiger partial charge < -0.3 is 14.1 Å². The molecule has 3 aromatic heterocycles. The van der Waals surface area contributed by atoms with Gasteiger partial charge >= 0.3 is 11.8 Å². The third-order valence-electron chi connectivity index (χ3n) is 6.80. The number of benzene rings is 2. The summed E-state index contributed by atoms with van der Waals surface area (Å²) >= 11 is 0. The number of likely N-dealkylation sites (tertiary alicyclic amines) is 1. The second-order valence-electron chi connectivity index (χ2n) is 9.23. The number of imidazole rings is 1. The molecule has 0 amide bonds. The van der Waals surface area contributed by atoms with Crippen LogP contribution in [0.15, 0.2) is 64.1 Å². The van der Waals surface area contributed by atoms with Crippen LogP contribution in [0, 0.1) is 12.5 Å². The van der Waals surface area contributed by atoms with Gasteiger partial charge in [0, 0.05) is 31.9 Å². The maximum atomic E-state index is 12.1. The molecule has 1 aliphatic rings. The van der Waals surface area contributed by atoms with Crippen molar-refractivity contribution in [2.45, 2.75) is 6.42 Å². The Bertz CT molecular complexity index is 1690. The molecule has 0 bridgehead atoms. The Kier molecular flexibility index (Phi) is 5.31. The highest BCUT2D eigenvalue weighted by molar-refractivity contribution is 5.93. The summed E-state index contributed by atoms with van der Waals surface area (Å²) in [6.07, 6.45) is 4.66. The molecule has 9 heteroatoms. The number of hydrogen-bond acceptors (Lipinski definition) is 6. The minimum Gasteiger partial charge on any atom is -0.464 e. The van der Waals surface area contributed by atoms with Gasteiger partial charge in [0.15, 0.2) is 16.9 Å². The molecule has 6 rings (SSSR count). The van der Waals surface area contributed by atoms with E-state index in [2.05, 4.69) is 21.8 Å². The molecular weight excluding hydrogens is 456 g/mol. The molecule has 180 valence electrons. The van der Waals surface area contributed by atoms with Crippen LogP contribution in [-0.4, -0.2) is 50.6 Å². The molecule has 1 aliphatic heterocycles. The molecular formula is C27H24N6O3. The molecule has 0 radical (unpaired) electrons. The molecule has 0 aliphatic carbocycles. The molecule has 9 nitrogen and oxygen atoms in total. The van der Waals surface area contributed by atoms with Gasteiger partial charge in [0.05, 0.1) is 30.0 Å². The van der Waals surface area contributed by atoms with Crippen molar-refractivity contribution in [3.05, 3.63) is 76.8 Å². The summed E-state index contributed by atoms with van der Waals surface area (Å²) in [6, 6.07) is 13.4. The lowest BCUT2D eigenvalue weighted by atomic mass is 9.99. The van der Waals surface area contributed by atoms with Crippen molar-refractivity contribution in [3.63, 3.8) is 0 Å². The number of aryl methyl sites for hydroxylation is 1. The van der Waals surface area contributed by atoms with E-state index in [1.54, 1.807) is 25.4 Å². The van der Waals surface area contributed by atoms with Crippen molar-refractivity contribution >= 4 is 22.4 Å². The highest BCUT2D eigenvalue weighted by Crippen LogP contribution is 2.37. The van der Waals surface area contributed by atoms with E-state index in [4.69, 9.17) is 20.7 Å². The summed E-state index contributed by atoms with van der Waals surface area (Å²) in [5.74, 6) is 0.0299. The Morgan fingerprint density at radius 1 is 1.17 bits per heavy atom. The van der Waals surface area contributed by atoms with Crippen LogP contribution in [0.3, 0.4) is 0 Å². The molecule has 2 aromatic carbocycles. The van der Waals surface area contributed by atoms with Gasteiger partial charge in [-0.2, -0.15) is 4.98 Å². The summed E-state index contributed by atoms with van der Waals surface area (Å²) in [4.78, 5) is 27.5. The number of oxazole rings is 1. The minimum atomic E-state index is -0.414. The first kappa shape index (κ1) is 22.1. The molecule has 1 saturated heterocycles. The van der Waals surface area contributed by atoms with E-state index >= 15 is 0 Å². The number of aromatic nitrogens is 4. The average Bonchev–Trinajstić information content (AvgIpc) is 3.61. The van der Waals surface area contributed by atoms with E-state index in [9.17, 15) is 4.79 Å². The first-order chi connectivity index (χ1) is 17.5. The van der Waals surface area contributed by atoms with Gasteiger partial charge in [-0.25, -0.2) is 14.6 Å². The fourth-order valence-corrected chi connectivity index (χ4v) is 4.87. The minimum absolute atomic E-state index is 0.414. The van der Waals surface area contributed by atoms with Crippen LogP contribution in [0.1, 0.15) is 6.42 Å².